The largest absolute Gasteiger partial charge is 0.444 e. The first-order valence-corrected chi connectivity index (χ1v) is 8.36. The Morgan fingerprint density at radius 1 is 1.32 bits per heavy atom. The Kier molecular flexibility index (Phi) is 4.97. The molecule has 130 valence electrons. The minimum atomic E-state index is -0.00748. The first-order chi connectivity index (χ1) is 12.1. The fourth-order valence-corrected chi connectivity index (χ4v) is 2.91. The quantitative estimate of drug-likeness (QED) is 0.750. The summed E-state index contributed by atoms with van der Waals surface area (Å²) in [5.41, 5.74) is 4.94. The van der Waals surface area contributed by atoms with Crippen molar-refractivity contribution < 1.29 is 9.21 Å². The van der Waals surface area contributed by atoms with E-state index in [9.17, 15) is 4.79 Å². The third-order valence-corrected chi connectivity index (χ3v) is 4.30. The van der Waals surface area contributed by atoms with Crippen LogP contribution in [0.2, 0.25) is 0 Å². The molecule has 6 nitrogen and oxygen atoms in total. The van der Waals surface area contributed by atoms with Crippen molar-refractivity contribution >= 4 is 5.91 Å². The predicted octanol–water partition coefficient (Wildman–Crippen LogP) is 3.03. The number of aromatic nitrogens is 3. The molecule has 0 saturated carbocycles. The zero-order valence-electron chi connectivity index (χ0n) is 14.7. The highest BCUT2D eigenvalue weighted by Crippen LogP contribution is 2.19. The van der Waals surface area contributed by atoms with Gasteiger partial charge in [-0.05, 0) is 32.4 Å². The first kappa shape index (κ1) is 17.0. The normalized spacial score (nSPS) is 10.8. The summed E-state index contributed by atoms with van der Waals surface area (Å²) in [6.07, 6.45) is 3.43. The molecule has 0 spiro atoms. The average Bonchev–Trinajstić information content (AvgIpc) is 3.24. The molecule has 0 aliphatic carbocycles. The average molecular weight is 338 g/mol. The summed E-state index contributed by atoms with van der Waals surface area (Å²) < 4.78 is 7.24. The SMILES string of the molecule is CCn1nc(C)c(CC(=O)NCc2cccc(-c3cnco3)c2)c1C. The molecule has 0 atom stereocenters. The third kappa shape index (κ3) is 3.79. The number of nitrogens with one attached hydrogen (secondary N) is 1. The van der Waals surface area contributed by atoms with E-state index in [1.807, 2.05) is 49.7 Å². The Labute approximate surface area is 146 Å². The molecule has 2 aromatic heterocycles. The molecule has 2 heterocycles. The van der Waals surface area contributed by atoms with Gasteiger partial charge in [0.1, 0.15) is 0 Å². The van der Waals surface area contributed by atoms with Gasteiger partial charge in [-0.25, -0.2) is 4.98 Å². The number of aryl methyl sites for hydroxylation is 2. The molecular weight excluding hydrogens is 316 g/mol. The molecule has 1 aromatic carbocycles. The Morgan fingerprint density at radius 2 is 2.16 bits per heavy atom. The molecule has 0 radical (unpaired) electrons. The Hall–Kier alpha value is -2.89. The van der Waals surface area contributed by atoms with E-state index in [2.05, 4.69) is 15.4 Å². The molecule has 0 saturated heterocycles. The minimum absolute atomic E-state index is 0.00748. The lowest BCUT2D eigenvalue weighted by atomic mass is 10.1. The minimum Gasteiger partial charge on any atom is -0.444 e. The number of hydrogen-bond acceptors (Lipinski definition) is 4. The van der Waals surface area contributed by atoms with Crippen LogP contribution in [0.25, 0.3) is 11.3 Å². The van der Waals surface area contributed by atoms with Crippen LogP contribution in [-0.2, 0) is 24.3 Å². The van der Waals surface area contributed by atoms with Crippen molar-refractivity contribution in [2.24, 2.45) is 0 Å². The number of amides is 1. The third-order valence-electron chi connectivity index (χ3n) is 4.30. The van der Waals surface area contributed by atoms with Gasteiger partial charge in [0.2, 0.25) is 5.91 Å². The van der Waals surface area contributed by atoms with Crippen LogP contribution in [0.4, 0.5) is 0 Å². The molecule has 0 bridgehead atoms. The van der Waals surface area contributed by atoms with Gasteiger partial charge in [0.25, 0.3) is 0 Å². The van der Waals surface area contributed by atoms with Crippen molar-refractivity contribution in [2.45, 2.75) is 40.3 Å². The summed E-state index contributed by atoms with van der Waals surface area (Å²) in [5, 5.41) is 7.44. The standard InChI is InChI=1S/C19H22N4O2/c1-4-23-14(3)17(13(2)22-23)9-19(24)21-10-15-6-5-7-16(8-15)18-11-20-12-25-18/h5-8,11-12H,4,9-10H2,1-3H3,(H,21,24). The van der Waals surface area contributed by atoms with Gasteiger partial charge in [0.05, 0.1) is 18.3 Å². The number of benzene rings is 1. The summed E-state index contributed by atoms with van der Waals surface area (Å²) in [7, 11) is 0. The van der Waals surface area contributed by atoms with Crippen molar-refractivity contribution in [2.75, 3.05) is 0 Å². The summed E-state index contributed by atoms with van der Waals surface area (Å²) in [5.74, 6) is 0.707. The second-order valence-electron chi connectivity index (χ2n) is 5.98. The van der Waals surface area contributed by atoms with Gasteiger partial charge in [-0.1, -0.05) is 18.2 Å². The molecule has 0 aliphatic heterocycles. The van der Waals surface area contributed by atoms with E-state index in [1.165, 1.54) is 6.39 Å². The number of rotatable bonds is 6. The number of carbonyl (C=O) groups is 1. The molecule has 0 unspecified atom stereocenters. The number of hydrogen-bond donors (Lipinski definition) is 1. The number of carbonyl (C=O) groups excluding carboxylic acids is 1. The van der Waals surface area contributed by atoms with Gasteiger partial charge in [0.15, 0.2) is 12.2 Å². The van der Waals surface area contributed by atoms with Crippen molar-refractivity contribution in [1.29, 1.82) is 0 Å². The van der Waals surface area contributed by atoms with Crippen LogP contribution in [0.3, 0.4) is 0 Å². The number of nitrogens with zero attached hydrogens (tertiary/aromatic N) is 3. The topological polar surface area (TPSA) is 73.0 Å². The maximum absolute atomic E-state index is 12.3. The summed E-state index contributed by atoms with van der Waals surface area (Å²) in [6, 6.07) is 7.87. The Morgan fingerprint density at radius 3 is 2.84 bits per heavy atom. The van der Waals surface area contributed by atoms with Crippen molar-refractivity contribution in [3.8, 4) is 11.3 Å². The van der Waals surface area contributed by atoms with Crippen LogP contribution in [0, 0.1) is 13.8 Å². The van der Waals surface area contributed by atoms with E-state index < -0.39 is 0 Å². The molecule has 0 aliphatic rings. The van der Waals surface area contributed by atoms with Gasteiger partial charge in [0, 0.05) is 29.9 Å². The zero-order valence-corrected chi connectivity index (χ0v) is 14.7. The highest BCUT2D eigenvalue weighted by molar-refractivity contribution is 5.79. The van der Waals surface area contributed by atoms with Gasteiger partial charge in [-0.15, -0.1) is 0 Å². The van der Waals surface area contributed by atoms with Gasteiger partial charge in [-0.2, -0.15) is 5.10 Å². The van der Waals surface area contributed by atoms with Gasteiger partial charge in [-0.3, -0.25) is 9.48 Å². The molecule has 1 N–H and O–H groups in total. The number of oxazole rings is 1. The maximum Gasteiger partial charge on any atom is 0.224 e. The summed E-state index contributed by atoms with van der Waals surface area (Å²) in [4.78, 5) is 16.3. The fraction of sp³-hybridized carbons (Fsp3) is 0.316. The first-order valence-electron chi connectivity index (χ1n) is 8.36. The summed E-state index contributed by atoms with van der Waals surface area (Å²) in [6.45, 7) is 7.28. The molecule has 3 rings (SSSR count). The Bertz CT molecular complexity index is 866. The summed E-state index contributed by atoms with van der Waals surface area (Å²) >= 11 is 0. The van der Waals surface area contributed by atoms with Gasteiger partial charge < -0.3 is 9.73 Å². The molecule has 6 heteroatoms. The second kappa shape index (κ2) is 7.34. The molecule has 3 aromatic rings. The lowest BCUT2D eigenvalue weighted by Crippen LogP contribution is -2.25. The van der Waals surface area contributed by atoms with E-state index >= 15 is 0 Å². The predicted molar refractivity (Wildman–Crippen MR) is 94.9 cm³/mol. The smallest absolute Gasteiger partial charge is 0.224 e. The maximum atomic E-state index is 12.3. The highest BCUT2D eigenvalue weighted by atomic mass is 16.3. The lowest BCUT2D eigenvalue weighted by molar-refractivity contribution is -0.120. The van der Waals surface area contributed by atoms with Crippen LogP contribution >= 0.6 is 0 Å². The monoisotopic (exact) mass is 338 g/mol. The van der Waals surface area contributed by atoms with Crippen LogP contribution in [-0.4, -0.2) is 20.7 Å². The van der Waals surface area contributed by atoms with E-state index in [4.69, 9.17) is 4.42 Å². The van der Waals surface area contributed by atoms with Crippen molar-refractivity contribution in [3.63, 3.8) is 0 Å². The Balaban J connectivity index is 1.63. The van der Waals surface area contributed by atoms with Gasteiger partial charge >= 0.3 is 0 Å². The van der Waals surface area contributed by atoms with E-state index in [0.717, 1.165) is 34.6 Å². The molecule has 0 fully saturated rings. The zero-order chi connectivity index (χ0) is 17.8. The van der Waals surface area contributed by atoms with Crippen LogP contribution in [0.15, 0.2) is 41.3 Å². The highest BCUT2D eigenvalue weighted by Gasteiger charge is 2.14. The lowest BCUT2D eigenvalue weighted by Gasteiger charge is -2.07. The van der Waals surface area contributed by atoms with Crippen LogP contribution < -0.4 is 5.32 Å². The van der Waals surface area contributed by atoms with E-state index in [1.54, 1.807) is 6.20 Å². The van der Waals surface area contributed by atoms with E-state index in [-0.39, 0.29) is 5.91 Å². The second-order valence-corrected chi connectivity index (χ2v) is 5.98. The van der Waals surface area contributed by atoms with Crippen molar-refractivity contribution in [3.05, 3.63) is 59.4 Å². The van der Waals surface area contributed by atoms with Crippen molar-refractivity contribution in [1.82, 2.24) is 20.1 Å². The van der Waals surface area contributed by atoms with Crippen LogP contribution in [0.5, 0.6) is 0 Å². The van der Waals surface area contributed by atoms with E-state index in [0.29, 0.717) is 18.7 Å². The van der Waals surface area contributed by atoms with Crippen LogP contribution in [0.1, 0.15) is 29.4 Å². The molecule has 25 heavy (non-hydrogen) atoms. The molecule has 1 amide bonds. The molecular formula is C19H22N4O2. The fourth-order valence-electron chi connectivity index (χ4n) is 2.91.